The molecule has 0 spiro atoms. The van der Waals surface area contributed by atoms with E-state index in [0.29, 0.717) is 26.0 Å². The maximum Gasteiger partial charge on any atom is 0.315 e. The van der Waals surface area contributed by atoms with Gasteiger partial charge in [-0.3, -0.25) is 4.79 Å². The lowest BCUT2D eigenvalue weighted by atomic mass is 9.97. The summed E-state index contributed by atoms with van der Waals surface area (Å²) >= 11 is 0. The molecule has 3 atom stereocenters. The molecule has 0 radical (unpaired) electrons. The Bertz CT molecular complexity index is 429. The molecule has 2 fully saturated rings. The minimum atomic E-state index is -0.486. The zero-order valence-electron chi connectivity index (χ0n) is 15.0. The average molecular weight is 357 g/mol. The van der Waals surface area contributed by atoms with Crippen LogP contribution in [-0.4, -0.2) is 68.2 Å². The Balaban J connectivity index is 1.72. The van der Waals surface area contributed by atoms with Gasteiger partial charge in [-0.05, 0) is 25.7 Å². The van der Waals surface area contributed by atoms with Crippen LogP contribution >= 0.6 is 0 Å². The van der Waals surface area contributed by atoms with Crippen LogP contribution in [0.5, 0.6) is 0 Å². The number of amides is 3. The molecule has 2 aliphatic rings. The Morgan fingerprint density at radius 2 is 1.92 bits per heavy atom. The zero-order valence-corrected chi connectivity index (χ0v) is 15.0. The molecule has 1 aliphatic heterocycles. The van der Waals surface area contributed by atoms with Gasteiger partial charge in [0, 0.05) is 19.7 Å². The molecule has 0 aromatic rings. The number of carbonyl (C=O) groups is 2. The van der Waals surface area contributed by atoms with Gasteiger partial charge in [0.15, 0.2) is 0 Å². The molecule has 1 saturated carbocycles. The average Bonchev–Trinajstić information content (AvgIpc) is 3.09. The highest BCUT2D eigenvalue weighted by Gasteiger charge is 2.33. The van der Waals surface area contributed by atoms with Crippen LogP contribution in [0.4, 0.5) is 4.79 Å². The number of aliphatic hydroxyl groups excluding tert-OH is 1. The summed E-state index contributed by atoms with van der Waals surface area (Å²) in [5, 5.41) is 18.2. The van der Waals surface area contributed by atoms with Gasteiger partial charge in [0.05, 0.1) is 31.8 Å². The van der Waals surface area contributed by atoms with Gasteiger partial charge in [-0.1, -0.05) is 12.8 Å². The Morgan fingerprint density at radius 1 is 1.16 bits per heavy atom. The second-order valence-corrected chi connectivity index (χ2v) is 6.81. The molecule has 1 saturated heterocycles. The molecule has 2 rings (SSSR count). The van der Waals surface area contributed by atoms with Gasteiger partial charge in [0.2, 0.25) is 5.91 Å². The van der Waals surface area contributed by atoms with E-state index in [9.17, 15) is 14.7 Å². The molecule has 8 heteroatoms. The summed E-state index contributed by atoms with van der Waals surface area (Å²) in [7, 11) is 1.58. The molecule has 1 heterocycles. The number of hydrogen-bond acceptors (Lipinski definition) is 5. The molecule has 0 unspecified atom stereocenters. The molecule has 0 aromatic carbocycles. The second kappa shape index (κ2) is 10.6. The van der Waals surface area contributed by atoms with Crippen LogP contribution in [0.15, 0.2) is 0 Å². The first-order valence-electron chi connectivity index (χ1n) is 9.21. The van der Waals surface area contributed by atoms with Crippen molar-refractivity contribution in [1.82, 2.24) is 16.0 Å². The molecular formula is C17H31N3O5. The maximum absolute atomic E-state index is 12.1. The van der Waals surface area contributed by atoms with E-state index < -0.39 is 6.10 Å². The Morgan fingerprint density at radius 3 is 2.60 bits per heavy atom. The fourth-order valence-electron chi connectivity index (χ4n) is 3.48. The molecule has 3 amide bonds. The Hall–Kier alpha value is -1.38. The highest BCUT2D eigenvalue weighted by Crippen LogP contribution is 2.22. The Labute approximate surface area is 149 Å². The van der Waals surface area contributed by atoms with Crippen LogP contribution in [0.3, 0.4) is 0 Å². The topological polar surface area (TPSA) is 109 Å². The minimum absolute atomic E-state index is 0.0934. The first-order chi connectivity index (χ1) is 12.1. The van der Waals surface area contributed by atoms with Crippen molar-refractivity contribution in [3.8, 4) is 0 Å². The fourth-order valence-corrected chi connectivity index (χ4v) is 3.48. The minimum Gasteiger partial charge on any atom is -0.394 e. The van der Waals surface area contributed by atoms with Crippen LogP contribution in [0.25, 0.3) is 0 Å². The molecule has 4 N–H and O–H groups in total. The van der Waals surface area contributed by atoms with E-state index in [1.54, 1.807) is 7.11 Å². The van der Waals surface area contributed by atoms with E-state index in [2.05, 4.69) is 16.0 Å². The SMILES string of the molecule is COCCNC(=O)C[C@@H]1CC[C@@H](NC(=O)NC2CCCC2)[C@H](CO)O1. The predicted octanol–water partition coefficient (Wildman–Crippen LogP) is 0.289. The van der Waals surface area contributed by atoms with Gasteiger partial charge >= 0.3 is 6.03 Å². The molecule has 144 valence electrons. The number of aliphatic hydroxyl groups is 1. The first-order valence-corrected chi connectivity index (χ1v) is 9.21. The molecule has 25 heavy (non-hydrogen) atoms. The number of rotatable bonds is 8. The lowest BCUT2D eigenvalue weighted by molar-refractivity contribution is -0.130. The molecular weight excluding hydrogens is 326 g/mol. The second-order valence-electron chi connectivity index (χ2n) is 6.81. The largest absolute Gasteiger partial charge is 0.394 e. The zero-order chi connectivity index (χ0) is 18.1. The molecule has 0 aromatic heterocycles. The van der Waals surface area contributed by atoms with Crippen LogP contribution in [0.2, 0.25) is 0 Å². The van der Waals surface area contributed by atoms with E-state index in [1.807, 2.05) is 0 Å². The van der Waals surface area contributed by atoms with Crippen molar-refractivity contribution in [3.63, 3.8) is 0 Å². The lowest BCUT2D eigenvalue weighted by Gasteiger charge is -2.36. The van der Waals surface area contributed by atoms with Crippen molar-refractivity contribution < 1.29 is 24.2 Å². The molecule has 8 nitrogen and oxygen atoms in total. The highest BCUT2D eigenvalue weighted by molar-refractivity contribution is 5.76. The standard InChI is InChI=1S/C17H31N3O5/c1-24-9-8-18-16(22)10-13-6-7-14(15(11-21)25-13)20-17(23)19-12-4-2-3-5-12/h12-15,21H,2-11H2,1H3,(H,18,22)(H2,19,20,23)/t13-,14+,15-/m0/s1. The van der Waals surface area contributed by atoms with Crippen molar-refractivity contribution in [3.05, 3.63) is 0 Å². The van der Waals surface area contributed by atoms with E-state index in [4.69, 9.17) is 9.47 Å². The van der Waals surface area contributed by atoms with Gasteiger partial charge in [-0.15, -0.1) is 0 Å². The van der Waals surface area contributed by atoms with Crippen molar-refractivity contribution in [2.45, 2.75) is 69.2 Å². The van der Waals surface area contributed by atoms with Crippen LogP contribution in [-0.2, 0) is 14.3 Å². The highest BCUT2D eigenvalue weighted by atomic mass is 16.5. The molecule has 0 bridgehead atoms. The van der Waals surface area contributed by atoms with Gasteiger partial charge in [0.25, 0.3) is 0 Å². The van der Waals surface area contributed by atoms with Crippen molar-refractivity contribution in [2.24, 2.45) is 0 Å². The number of ether oxygens (including phenoxy) is 2. The fraction of sp³-hybridized carbons (Fsp3) is 0.882. The van der Waals surface area contributed by atoms with Crippen LogP contribution in [0, 0.1) is 0 Å². The lowest BCUT2D eigenvalue weighted by Crippen LogP contribution is -2.54. The van der Waals surface area contributed by atoms with Crippen LogP contribution in [0.1, 0.15) is 44.9 Å². The van der Waals surface area contributed by atoms with Gasteiger partial charge < -0.3 is 30.5 Å². The van der Waals surface area contributed by atoms with Crippen molar-refractivity contribution >= 4 is 11.9 Å². The molecule has 1 aliphatic carbocycles. The Kier molecular flexibility index (Phi) is 8.43. The summed E-state index contributed by atoms with van der Waals surface area (Å²) in [5.41, 5.74) is 0. The predicted molar refractivity (Wildman–Crippen MR) is 92.2 cm³/mol. The third kappa shape index (κ3) is 6.80. The van der Waals surface area contributed by atoms with Crippen molar-refractivity contribution in [1.29, 1.82) is 0 Å². The number of carbonyl (C=O) groups excluding carboxylic acids is 2. The summed E-state index contributed by atoms with van der Waals surface area (Å²) < 4.78 is 10.7. The van der Waals surface area contributed by atoms with E-state index in [-0.39, 0.29) is 43.2 Å². The number of nitrogens with one attached hydrogen (secondary N) is 3. The summed E-state index contributed by atoms with van der Waals surface area (Å²) in [6.07, 6.45) is 5.24. The van der Waals surface area contributed by atoms with E-state index in [0.717, 1.165) is 25.7 Å². The summed E-state index contributed by atoms with van der Waals surface area (Å²) in [6.45, 7) is 0.756. The summed E-state index contributed by atoms with van der Waals surface area (Å²) in [6, 6.07) is -0.186. The quantitative estimate of drug-likeness (QED) is 0.467. The normalized spacial score (nSPS) is 27.0. The third-order valence-corrected chi connectivity index (χ3v) is 4.84. The van der Waals surface area contributed by atoms with Crippen LogP contribution < -0.4 is 16.0 Å². The first kappa shape index (κ1) is 19.9. The number of hydrogen-bond donors (Lipinski definition) is 4. The maximum atomic E-state index is 12.1. The monoisotopic (exact) mass is 357 g/mol. The smallest absolute Gasteiger partial charge is 0.315 e. The van der Waals surface area contributed by atoms with Gasteiger partial charge in [-0.25, -0.2) is 4.79 Å². The summed E-state index contributed by atoms with van der Waals surface area (Å²) in [4.78, 5) is 23.9. The van der Waals surface area contributed by atoms with Gasteiger partial charge in [-0.2, -0.15) is 0 Å². The number of methoxy groups -OCH3 is 1. The third-order valence-electron chi connectivity index (χ3n) is 4.84. The summed E-state index contributed by atoms with van der Waals surface area (Å²) in [5.74, 6) is -0.0934. The number of urea groups is 1. The van der Waals surface area contributed by atoms with E-state index >= 15 is 0 Å². The van der Waals surface area contributed by atoms with E-state index in [1.165, 1.54) is 0 Å². The van der Waals surface area contributed by atoms with Crippen molar-refractivity contribution in [2.75, 3.05) is 26.9 Å². The van der Waals surface area contributed by atoms with Gasteiger partial charge in [0.1, 0.15) is 6.10 Å².